The molecule has 2 atom stereocenters. The number of carbonyl (C=O) groups is 1. The lowest BCUT2D eigenvalue weighted by molar-refractivity contribution is -0.122. The fourth-order valence-electron chi connectivity index (χ4n) is 3.35. The zero-order valence-electron chi connectivity index (χ0n) is 14.6. The van der Waals surface area contributed by atoms with Crippen molar-refractivity contribution in [2.24, 2.45) is 5.92 Å². The van der Waals surface area contributed by atoms with Crippen molar-refractivity contribution in [3.63, 3.8) is 0 Å². The number of para-hydroxylation sites is 1. The topological polar surface area (TPSA) is 56.1 Å². The molecule has 0 bridgehead atoms. The van der Waals surface area contributed by atoms with Crippen LogP contribution < -0.4 is 10.1 Å². The monoisotopic (exact) mass is 347 g/mol. The second-order valence-electron chi connectivity index (χ2n) is 6.53. The Morgan fingerprint density at radius 1 is 1.23 bits per heavy atom. The molecule has 4 rings (SSSR count). The van der Waals surface area contributed by atoms with Gasteiger partial charge in [0, 0.05) is 24.9 Å². The highest BCUT2D eigenvalue weighted by atomic mass is 16.5. The minimum absolute atomic E-state index is 0.0283. The molecule has 1 aliphatic rings. The molecule has 1 aromatic heterocycles. The van der Waals surface area contributed by atoms with Crippen LogP contribution in [0.5, 0.6) is 5.75 Å². The molecular formula is C21H21N3O2. The molecule has 0 unspecified atom stereocenters. The summed E-state index contributed by atoms with van der Waals surface area (Å²) >= 11 is 0. The van der Waals surface area contributed by atoms with Gasteiger partial charge in [0.1, 0.15) is 5.75 Å². The Balaban J connectivity index is 1.37. The quantitative estimate of drug-likeness (QED) is 0.744. The third-order valence-electron chi connectivity index (χ3n) is 4.81. The molecule has 132 valence electrons. The summed E-state index contributed by atoms with van der Waals surface area (Å²) in [5.41, 5.74) is 3.16. The van der Waals surface area contributed by atoms with Gasteiger partial charge in [-0.15, -0.1) is 0 Å². The standard InChI is InChI=1S/C21H21N3O2/c1-26-20-9-3-2-8-17(20)18-13-19(18)21(25)22-14-15-6-4-7-16(12-15)24-11-5-10-23-24/h2-12,18-19H,13-14H2,1H3,(H,22,25)/t18-,19-/m0/s1. The Labute approximate surface area is 152 Å². The molecule has 5 heteroatoms. The van der Waals surface area contributed by atoms with E-state index >= 15 is 0 Å². The third-order valence-corrected chi connectivity index (χ3v) is 4.81. The second kappa shape index (κ2) is 7.04. The van der Waals surface area contributed by atoms with Gasteiger partial charge in [0.15, 0.2) is 0 Å². The van der Waals surface area contributed by atoms with Crippen LogP contribution in [0.15, 0.2) is 67.0 Å². The van der Waals surface area contributed by atoms with Crippen molar-refractivity contribution in [1.29, 1.82) is 0 Å². The van der Waals surface area contributed by atoms with Gasteiger partial charge in [0.05, 0.1) is 12.8 Å². The molecule has 0 spiro atoms. The SMILES string of the molecule is COc1ccccc1[C@@H]1C[C@@H]1C(=O)NCc1cccc(-n2cccn2)c1. The molecular weight excluding hydrogens is 326 g/mol. The highest BCUT2D eigenvalue weighted by molar-refractivity contribution is 5.83. The molecule has 1 fully saturated rings. The summed E-state index contributed by atoms with van der Waals surface area (Å²) in [5.74, 6) is 1.24. The lowest BCUT2D eigenvalue weighted by Gasteiger charge is -2.09. The number of carbonyl (C=O) groups excluding carboxylic acids is 1. The van der Waals surface area contributed by atoms with Crippen LogP contribution in [0.4, 0.5) is 0 Å². The first-order valence-electron chi connectivity index (χ1n) is 8.76. The summed E-state index contributed by atoms with van der Waals surface area (Å²) in [6.07, 6.45) is 4.53. The first kappa shape index (κ1) is 16.4. The van der Waals surface area contributed by atoms with Gasteiger partial charge in [-0.2, -0.15) is 5.10 Å². The van der Waals surface area contributed by atoms with E-state index in [4.69, 9.17) is 4.74 Å². The van der Waals surface area contributed by atoms with Gasteiger partial charge in [-0.05, 0) is 47.7 Å². The Hall–Kier alpha value is -3.08. The van der Waals surface area contributed by atoms with Crippen molar-refractivity contribution in [3.8, 4) is 11.4 Å². The van der Waals surface area contributed by atoms with E-state index in [0.717, 1.165) is 29.0 Å². The van der Waals surface area contributed by atoms with Crippen LogP contribution >= 0.6 is 0 Å². The maximum absolute atomic E-state index is 12.5. The highest BCUT2D eigenvalue weighted by Crippen LogP contribution is 2.50. The first-order chi connectivity index (χ1) is 12.8. The number of methoxy groups -OCH3 is 1. The number of hydrogen-bond donors (Lipinski definition) is 1. The molecule has 1 amide bonds. The average molecular weight is 347 g/mol. The molecule has 0 saturated heterocycles. The summed E-state index contributed by atoms with van der Waals surface area (Å²) in [7, 11) is 1.67. The van der Waals surface area contributed by atoms with Gasteiger partial charge in [0.2, 0.25) is 5.91 Å². The zero-order chi connectivity index (χ0) is 17.9. The van der Waals surface area contributed by atoms with Gasteiger partial charge in [-0.3, -0.25) is 4.79 Å². The van der Waals surface area contributed by atoms with E-state index in [-0.39, 0.29) is 17.7 Å². The molecule has 0 radical (unpaired) electrons. The van der Waals surface area contributed by atoms with E-state index in [1.807, 2.05) is 65.5 Å². The van der Waals surface area contributed by atoms with Crippen LogP contribution in [-0.4, -0.2) is 22.8 Å². The number of nitrogens with one attached hydrogen (secondary N) is 1. The number of aromatic nitrogens is 2. The Morgan fingerprint density at radius 2 is 2.12 bits per heavy atom. The lowest BCUT2D eigenvalue weighted by atomic mass is 10.1. The van der Waals surface area contributed by atoms with Crippen molar-refractivity contribution >= 4 is 5.91 Å². The van der Waals surface area contributed by atoms with E-state index in [0.29, 0.717) is 6.54 Å². The third kappa shape index (κ3) is 3.33. The number of ether oxygens (including phenoxy) is 1. The summed E-state index contributed by atoms with van der Waals surface area (Å²) in [6, 6.07) is 17.9. The van der Waals surface area contributed by atoms with Gasteiger partial charge < -0.3 is 10.1 Å². The van der Waals surface area contributed by atoms with Crippen molar-refractivity contribution in [2.75, 3.05) is 7.11 Å². The van der Waals surface area contributed by atoms with Gasteiger partial charge >= 0.3 is 0 Å². The molecule has 3 aromatic rings. The summed E-state index contributed by atoms with van der Waals surface area (Å²) in [6.45, 7) is 0.517. The fraction of sp³-hybridized carbons (Fsp3) is 0.238. The van der Waals surface area contributed by atoms with E-state index < -0.39 is 0 Å². The smallest absolute Gasteiger partial charge is 0.224 e. The van der Waals surface area contributed by atoms with Gasteiger partial charge in [-0.25, -0.2) is 4.68 Å². The molecule has 1 saturated carbocycles. The summed E-state index contributed by atoms with van der Waals surface area (Å²) in [5, 5.41) is 7.30. The lowest BCUT2D eigenvalue weighted by Crippen LogP contribution is -2.25. The van der Waals surface area contributed by atoms with E-state index in [1.165, 1.54) is 0 Å². The van der Waals surface area contributed by atoms with Gasteiger partial charge in [0.25, 0.3) is 0 Å². The molecule has 26 heavy (non-hydrogen) atoms. The normalized spacial score (nSPS) is 18.3. The molecule has 5 nitrogen and oxygen atoms in total. The maximum Gasteiger partial charge on any atom is 0.224 e. The molecule has 1 N–H and O–H groups in total. The number of amides is 1. The van der Waals surface area contributed by atoms with Crippen LogP contribution in [0, 0.1) is 5.92 Å². The van der Waals surface area contributed by atoms with E-state index in [9.17, 15) is 4.79 Å². The van der Waals surface area contributed by atoms with Crippen LogP contribution in [0.1, 0.15) is 23.5 Å². The zero-order valence-corrected chi connectivity index (χ0v) is 14.6. The van der Waals surface area contributed by atoms with Crippen LogP contribution in [0.25, 0.3) is 5.69 Å². The number of hydrogen-bond acceptors (Lipinski definition) is 3. The highest BCUT2D eigenvalue weighted by Gasteiger charge is 2.45. The fourth-order valence-corrected chi connectivity index (χ4v) is 3.35. The molecule has 2 aromatic carbocycles. The Bertz CT molecular complexity index is 905. The molecule has 0 aliphatic heterocycles. The summed E-state index contributed by atoms with van der Waals surface area (Å²) < 4.78 is 7.22. The van der Waals surface area contributed by atoms with Crippen molar-refractivity contribution in [2.45, 2.75) is 18.9 Å². The predicted octanol–water partition coefficient (Wildman–Crippen LogP) is 3.30. The van der Waals surface area contributed by atoms with E-state index in [2.05, 4.69) is 10.4 Å². The second-order valence-corrected chi connectivity index (χ2v) is 6.53. The predicted molar refractivity (Wildman–Crippen MR) is 99.3 cm³/mol. The maximum atomic E-state index is 12.5. The number of rotatable bonds is 6. The van der Waals surface area contributed by atoms with Crippen LogP contribution in [0.2, 0.25) is 0 Å². The number of nitrogens with zero attached hydrogens (tertiary/aromatic N) is 2. The minimum Gasteiger partial charge on any atom is -0.496 e. The van der Waals surface area contributed by atoms with Crippen molar-refractivity contribution in [1.82, 2.24) is 15.1 Å². The number of benzene rings is 2. The van der Waals surface area contributed by atoms with Crippen LogP contribution in [-0.2, 0) is 11.3 Å². The Morgan fingerprint density at radius 3 is 2.92 bits per heavy atom. The minimum atomic E-state index is 0.0283. The average Bonchev–Trinajstić information content (AvgIpc) is 3.30. The Kier molecular flexibility index (Phi) is 4.44. The van der Waals surface area contributed by atoms with Crippen molar-refractivity contribution in [3.05, 3.63) is 78.1 Å². The molecule has 1 aliphatic carbocycles. The summed E-state index contributed by atoms with van der Waals surface area (Å²) in [4.78, 5) is 12.5. The van der Waals surface area contributed by atoms with E-state index in [1.54, 1.807) is 13.3 Å². The molecule has 1 heterocycles. The van der Waals surface area contributed by atoms with Crippen molar-refractivity contribution < 1.29 is 9.53 Å². The van der Waals surface area contributed by atoms with Gasteiger partial charge in [-0.1, -0.05) is 30.3 Å². The van der Waals surface area contributed by atoms with Crippen LogP contribution in [0.3, 0.4) is 0 Å². The first-order valence-corrected chi connectivity index (χ1v) is 8.76. The largest absolute Gasteiger partial charge is 0.496 e.